The Kier molecular flexibility index (Phi) is 5.90. The van der Waals surface area contributed by atoms with Gasteiger partial charge in [0.25, 0.3) is 0 Å². The van der Waals surface area contributed by atoms with Crippen molar-refractivity contribution in [3.8, 4) is 11.5 Å². The molecule has 0 aliphatic carbocycles. The number of anilines is 1. The Morgan fingerprint density at radius 3 is 2.88 bits per heavy atom. The van der Waals surface area contributed by atoms with Gasteiger partial charge in [-0.25, -0.2) is 4.98 Å². The van der Waals surface area contributed by atoms with Gasteiger partial charge in [0.05, 0.1) is 35.5 Å². The van der Waals surface area contributed by atoms with E-state index in [-0.39, 0.29) is 11.7 Å². The number of amides is 1. The number of methoxy groups -OCH3 is 1. The van der Waals surface area contributed by atoms with E-state index in [0.717, 1.165) is 16.8 Å². The van der Waals surface area contributed by atoms with E-state index in [2.05, 4.69) is 15.3 Å². The van der Waals surface area contributed by atoms with Gasteiger partial charge < -0.3 is 19.8 Å². The van der Waals surface area contributed by atoms with Crippen LogP contribution >= 0.6 is 23.4 Å². The standard InChI is InChI=1S/C18H18ClN3O3S/c1-3-25-12-5-6-14-15(9-12)22-18(21-14)26-10-17(23)20-11-4-7-16(24-2)13(19)8-11/h4-9H,3,10H2,1-2H3,(H,20,23)(H,21,22). The number of benzene rings is 2. The summed E-state index contributed by atoms with van der Waals surface area (Å²) in [4.78, 5) is 19.8. The third-order valence-electron chi connectivity index (χ3n) is 3.52. The van der Waals surface area contributed by atoms with Crippen LogP contribution in [0.2, 0.25) is 5.02 Å². The van der Waals surface area contributed by atoms with Crippen LogP contribution < -0.4 is 14.8 Å². The molecular weight excluding hydrogens is 374 g/mol. The summed E-state index contributed by atoms with van der Waals surface area (Å²) in [6.07, 6.45) is 0. The predicted molar refractivity (Wildman–Crippen MR) is 105 cm³/mol. The third-order valence-corrected chi connectivity index (χ3v) is 4.69. The summed E-state index contributed by atoms with van der Waals surface area (Å²) in [7, 11) is 1.54. The van der Waals surface area contributed by atoms with Crippen LogP contribution in [0.3, 0.4) is 0 Å². The topological polar surface area (TPSA) is 76.2 Å². The highest BCUT2D eigenvalue weighted by molar-refractivity contribution is 7.99. The first-order valence-corrected chi connectivity index (χ1v) is 9.34. The maximum Gasteiger partial charge on any atom is 0.234 e. The zero-order valence-electron chi connectivity index (χ0n) is 14.3. The third kappa shape index (κ3) is 4.42. The summed E-state index contributed by atoms with van der Waals surface area (Å²) >= 11 is 7.39. The van der Waals surface area contributed by atoms with Gasteiger partial charge >= 0.3 is 0 Å². The SMILES string of the molecule is CCOc1ccc2nc(SCC(=O)Nc3ccc(OC)c(Cl)c3)[nH]c2c1. The molecule has 2 N–H and O–H groups in total. The Morgan fingerprint density at radius 1 is 1.31 bits per heavy atom. The number of thioether (sulfide) groups is 1. The molecule has 8 heteroatoms. The van der Waals surface area contributed by atoms with E-state index in [0.29, 0.717) is 28.2 Å². The molecule has 0 atom stereocenters. The number of H-pyrrole nitrogens is 1. The number of nitrogens with zero attached hydrogens (tertiary/aromatic N) is 1. The number of ether oxygens (including phenoxy) is 2. The Morgan fingerprint density at radius 2 is 2.15 bits per heavy atom. The number of carbonyl (C=O) groups excluding carboxylic acids is 1. The lowest BCUT2D eigenvalue weighted by Crippen LogP contribution is -2.14. The van der Waals surface area contributed by atoms with E-state index in [1.165, 1.54) is 11.8 Å². The molecule has 3 rings (SSSR count). The van der Waals surface area contributed by atoms with Crippen molar-refractivity contribution in [2.24, 2.45) is 0 Å². The summed E-state index contributed by atoms with van der Waals surface area (Å²) in [6.45, 7) is 2.55. The van der Waals surface area contributed by atoms with Crippen LogP contribution in [-0.2, 0) is 4.79 Å². The molecule has 0 saturated heterocycles. The molecule has 0 bridgehead atoms. The van der Waals surface area contributed by atoms with E-state index in [4.69, 9.17) is 21.1 Å². The monoisotopic (exact) mass is 391 g/mol. The minimum atomic E-state index is -0.147. The Hall–Kier alpha value is -2.38. The second kappa shape index (κ2) is 8.33. The second-order valence-electron chi connectivity index (χ2n) is 5.34. The molecule has 0 spiro atoms. The van der Waals surface area contributed by atoms with Crippen molar-refractivity contribution >= 4 is 46.0 Å². The van der Waals surface area contributed by atoms with Gasteiger partial charge in [0.2, 0.25) is 5.91 Å². The maximum atomic E-state index is 12.1. The number of imidazole rings is 1. The number of hydrogen-bond acceptors (Lipinski definition) is 5. The molecule has 1 amide bonds. The van der Waals surface area contributed by atoms with Gasteiger partial charge in [-0.1, -0.05) is 23.4 Å². The van der Waals surface area contributed by atoms with Gasteiger partial charge in [0, 0.05) is 11.8 Å². The number of hydrogen-bond donors (Lipinski definition) is 2. The number of aromatic nitrogens is 2. The average molecular weight is 392 g/mol. The maximum absolute atomic E-state index is 12.1. The molecule has 0 aliphatic rings. The van der Waals surface area contributed by atoms with Crippen molar-refractivity contribution in [1.29, 1.82) is 0 Å². The van der Waals surface area contributed by atoms with Crippen LogP contribution in [-0.4, -0.2) is 35.3 Å². The minimum Gasteiger partial charge on any atom is -0.495 e. The lowest BCUT2D eigenvalue weighted by Gasteiger charge is -2.07. The van der Waals surface area contributed by atoms with Gasteiger partial charge in [-0.2, -0.15) is 0 Å². The lowest BCUT2D eigenvalue weighted by molar-refractivity contribution is -0.113. The Bertz CT molecular complexity index is 929. The lowest BCUT2D eigenvalue weighted by atomic mass is 10.3. The summed E-state index contributed by atoms with van der Waals surface area (Å²) in [5.41, 5.74) is 2.33. The zero-order valence-corrected chi connectivity index (χ0v) is 15.9. The molecule has 136 valence electrons. The van der Waals surface area contributed by atoms with Crippen LogP contribution in [0.1, 0.15) is 6.92 Å². The smallest absolute Gasteiger partial charge is 0.234 e. The van der Waals surface area contributed by atoms with Gasteiger partial charge in [-0.05, 0) is 37.3 Å². The van der Waals surface area contributed by atoms with Crippen molar-refractivity contribution < 1.29 is 14.3 Å². The summed E-state index contributed by atoms with van der Waals surface area (Å²) in [5.74, 6) is 1.43. The van der Waals surface area contributed by atoms with Crippen LogP contribution in [0.15, 0.2) is 41.6 Å². The number of rotatable bonds is 7. The number of aromatic amines is 1. The molecule has 0 fully saturated rings. The second-order valence-corrected chi connectivity index (χ2v) is 6.71. The first-order valence-electron chi connectivity index (χ1n) is 7.98. The van der Waals surface area contributed by atoms with Gasteiger partial charge in [0.15, 0.2) is 5.16 Å². The molecule has 2 aromatic carbocycles. The van der Waals surface area contributed by atoms with E-state index in [9.17, 15) is 4.79 Å². The van der Waals surface area contributed by atoms with E-state index in [1.807, 2.05) is 25.1 Å². The zero-order chi connectivity index (χ0) is 18.5. The molecule has 6 nitrogen and oxygen atoms in total. The average Bonchev–Trinajstić information content (AvgIpc) is 3.03. The van der Waals surface area contributed by atoms with Crippen LogP contribution in [0.25, 0.3) is 11.0 Å². The fourth-order valence-corrected chi connectivity index (χ4v) is 3.31. The molecule has 0 saturated carbocycles. The number of carbonyl (C=O) groups is 1. The molecular formula is C18H18ClN3O3S. The number of fused-ring (bicyclic) bond motifs is 1. The molecule has 0 unspecified atom stereocenters. The fourth-order valence-electron chi connectivity index (χ4n) is 2.37. The van der Waals surface area contributed by atoms with Crippen molar-refractivity contribution in [2.45, 2.75) is 12.1 Å². The summed E-state index contributed by atoms with van der Waals surface area (Å²) in [6, 6.07) is 10.8. The molecule has 0 aliphatic heterocycles. The van der Waals surface area contributed by atoms with E-state index >= 15 is 0 Å². The number of halogens is 1. The van der Waals surface area contributed by atoms with Crippen molar-refractivity contribution in [3.05, 3.63) is 41.4 Å². The molecule has 0 radical (unpaired) electrons. The summed E-state index contributed by atoms with van der Waals surface area (Å²) in [5, 5.41) is 3.92. The quantitative estimate of drug-likeness (QED) is 0.585. The molecule has 26 heavy (non-hydrogen) atoms. The molecule has 1 aromatic heterocycles. The first kappa shape index (κ1) is 18.4. The van der Waals surface area contributed by atoms with Crippen molar-refractivity contribution in [3.63, 3.8) is 0 Å². The molecule has 1 heterocycles. The van der Waals surface area contributed by atoms with Crippen molar-refractivity contribution in [2.75, 3.05) is 24.8 Å². The van der Waals surface area contributed by atoms with Gasteiger partial charge in [-0.15, -0.1) is 0 Å². The fraction of sp³-hybridized carbons (Fsp3) is 0.222. The van der Waals surface area contributed by atoms with Crippen LogP contribution in [0, 0.1) is 0 Å². The van der Waals surface area contributed by atoms with E-state index < -0.39 is 0 Å². The van der Waals surface area contributed by atoms with Crippen LogP contribution in [0.5, 0.6) is 11.5 Å². The Balaban J connectivity index is 1.60. The van der Waals surface area contributed by atoms with Gasteiger partial charge in [0.1, 0.15) is 11.5 Å². The normalized spacial score (nSPS) is 10.7. The highest BCUT2D eigenvalue weighted by Gasteiger charge is 2.09. The summed E-state index contributed by atoms with van der Waals surface area (Å²) < 4.78 is 10.6. The highest BCUT2D eigenvalue weighted by atomic mass is 35.5. The minimum absolute atomic E-state index is 0.147. The first-order chi connectivity index (χ1) is 12.6. The van der Waals surface area contributed by atoms with Crippen molar-refractivity contribution in [1.82, 2.24) is 9.97 Å². The molecule has 3 aromatic rings. The van der Waals surface area contributed by atoms with Crippen LogP contribution in [0.4, 0.5) is 5.69 Å². The predicted octanol–water partition coefficient (Wildman–Crippen LogP) is 4.35. The number of nitrogens with one attached hydrogen (secondary N) is 2. The highest BCUT2D eigenvalue weighted by Crippen LogP contribution is 2.27. The Labute approximate surface area is 160 Å². The largest absolute Gasteiger partial charge is 0.495 e. The van der Waals surface area contributed by atoms with Gasteiger partial charge in [-0.3, -0.25) is 4.79 Å². The van der Waals surface area contributed by atoms with E-state index in [1.54, 1.807) is 25.3 Å².